The van der Waals surface area contributed by atoms with Crippen molar-refractivity contribution >= 4 is 0 Å². The van der Waals surface area contributed by atoms with Crippen LogP contribution in [-0.2, 0) is 4.74 Å². The van der Waals surface area contributed by atoms with Crippen molar-refractivity contribution in [1.82, 2.24) is 10.2 Å². The van der Waals surface area contributed by atoms with E-state index < -0.39 is 0 Å². The Morgan fingerprint density at radius 3 is 2.83 bits per heavy atom. The van der Waals surface area contributed by atoms with Crippen LogP contribution in [0.4, 0.5) is 0 Å². The van der Waals surface area contributed by atoms with Crippen molar-refractivity contribution < 1.29 is 9.84 Å². The molecule has 0 aliphatic carbocycles. The van der Waals surface area contributed by atoms with Gasteiger partial charge in [0.1, 0.15) is 0 Å². The van der Waals surface area contributed by atoms with E-state index in [0.717, 1.165) is 26.1 Å². The predicted molar refractivity (Wildman–Crippen MR) is 74.9 cm³/mol. The highest BCUT2D eigenvalue weighted by molar-refractivity contribution is 4.88. The van der Waals surface area contributed by atoms with E-state index in [1.807, 2.05) is 0 Å². The molecule has 1 heterocycles. The molecule has 0 spiro atoms. The Hall–Kier alpha value is -0.160. The van der Waals surface area contributed by atoms with Crippen molar-refractivity contribution in [3.05, 3.63) is 0 Å². The van der Waals surface area contributed by atoms with Crippen LogP contribution < -0.4 is 5.32 Å². The van der Waals surface area contributed by atoms with Crippen LogP contribution in [0.5, 0.6) is 0 Å². The van der Waals surface area contributed by atoms with Crippen molar-refractivity contribution in [3.8, 4) is 0 Å². The SMILES string of the molecule is CCNC(C)(CO)CC(C)N1CCCC(OC)C1. The average Bonchev–Trinajstić information content (AvgIpc) is 2.39. The Bertz CT molecular complexity index is 238. The summed E-state index contributed by atoms with van der Waals surface area (Å²) in [5.41, 5.74) is -0.172. The topological polar surface area (TPSA) is 44.7 Å². The molecule has 0 amide bonds. The number of nitrogens with zero attached hydrogens (tertiary/aromatic N) is 1. The maximum atomic E-state index is 9.56. The van der Waals surface area contributed by atoms with E-state index in [4.69, 9.17) is 4.74 Å². The number of ether oxygens (including phenoxy) is 1. The quantitative estimate of drug-likeness (QED) is 0.721. The molecule has 108 valence electrons. The number of piperidine rings is 1. The number of hydrogen-bond acceptors (Lipinski definition) is 4. The molecule has 1 fully saturated rings. The Morgan fingerprint density at radius 1 is 1.56 bits per heavy atom. The van der Waals surface area contributed by atoms with E-state index in [9.17, 15) is 5.11 Å². The molecule has 0 radical (unpaired) electrons. The lowest BCUT2D eigenvalue weighted by molar-refractivity contribution is 0.00863. The maximum absolute atomic E-state index is 9.56. The molecular weight excluding hydrogens is 228 g/mol. The van der Waals surface area contributed by atoms with Gasteiger partial charge in [0, 0.05) is 25.2 Å². The molecular formula is C14H30N2O2. The zero-order chi connectivity index (χ0) is 13.6. The summed E-state index contributed by atoms with van der Waals surface area (Å²) in [4.78, 5) is 2.49. The van der Waals surface area contributed by atoms with Gasteiger partial charge in [-0.3, -0.25) is 4.90 Å². The summed E-state index contributed by atoms with van der Waals surface area (Å²) in [6.45, 7) is 9.69. The fourth-order valence-corrected chi connectivity index (χ4v) is 2.96. The molecule has 1 aliphatic rings. The molecule has 4 nitrogen and oxygen atoms in total. The van der Waals surface area contributed by atoms with Gasteiger partial charge in [0.2, 0.25) is 0 Å². The zero-order valence-electron chi connectivity index (χ0n) is 12.4. The van der Waals surface area contributed by atoms with E-state index in [1.54, 1.807) is 7.11 Å². The number of likely N-dealkylation sites (tertiary alicyclic amines) is 1. The largest absolute Gasteiger partial charge is 0.394 e. The van der Waals surface area contributed by atoms with E-state index in [1.165, 1.54) is 12.8 Å². The number of hydrogen-bond donors (Lipinski definition) is 2. The summed E-state index contributed by atoms with van der Waals surface area (Å²) in [5.74, 6) is 0. The van der Waals surface area contributed by atoms with Crippen LogP contribution in [0.25, 0.3) is 0 Å². The van der Waals surface area contributed by atoms with Crippen LogP contribution in [-0.4, -0.2) is 61.0 Å². The Balaban J connectivity index is 2.50. The van der Waals surface area contributed by atoms with Gasteiger partial charge in [-0.2, -0.15) is 0 Å². The molecule has 1 aliphatic heterocycles. The van der Waals surface area contributed by atoms with Gasteiger partial charge in [0.25, 0.3) is 0 Å². The summed E-state index contributed by atoms with van der Waals surface area (Å²) in [6, 6.07) is 0.471. The van der Waals surface area contributed by atoms with Crippen LogP contribution in [0.1, 0.15) is 40.0 Å². The predicted octanol–water partition coefficient (Wildman–Crippen LogP) is 1.24. The van der Waals surface area contributed by atoms with Gasteiger partial charge in [-0.15, -0.1) is 0 Å². The Morgan fingerprint density at radius 2 is 2.28 bits per heavy atom. The summed E-state index contributed by atoms with van der Waals surface area (Å²) in [6.07, 6.45) is 3.72. The highest BCUT2D eigenvalue weighted by Gasteiger charge is 2.30. The lowest BCUT2D eigenvalue weighted by atomic mass is 9.92. The third kappa shape index (κ3) is 4.50. The number of aliphatic hydroxyl groups is 1. The summed E-state index contributed by atoms with van der Waals surface area (Å²) in [7, 11) is 1.80. The van der Waals surface area contributed by atoms with Gasteiger partial charge in [-0.05, 0) is 46.2 Å². The second kappa shape index (κ2) is 7.43. The van der Waals surface area contributed by atoms with Crippen LogP contribution in [0.2, 0.25) is 0 Å². The fourth-order valence-electron chi connectivity index (χ4n) is 2.96. The second-order valence-electron chi connectivity index (χ2n) is 5.80. The van der Waals surface area contributed by atoms with Crippen LogP contribution in [0.3, 0.4) is 0 Å². The van der Waals surface area contributed by atoms with Crippen molar-refractivity contribution in [2.45, 2.75) is 57.7 Å². The fraction of sp³-hybridized carbons (Fsp3) is 1.00. The molecule has 18 heavy (non-hydrogen) atoms. The zero-order valence-corrected chi connectivity index (χ0v) is 12.4. The van der Waals surface area contributed by atoms with Crippen molar-refractivity contribution in [3.63, 3.8) is 0 Å². The Labute approximate surface area is 112 Å². The van der Waals surface area contributed by atoms with E-state index in [2.05, 4.69) is 31.0 Å². The first kappa shape index (κ1) is 15.9. The molecule has 0 aromatic carbocycles. The summed E-state index contributed by atoms with van der Waals surface area (Å²) >= 11 is 0. The lowest BCUT2D eigenvalue weighted by Crippen LogP contribution is -2.52. The minimum absolute atomic E-state index is 0.172. The van der Waals surface area contributed by atoms with Crippen LogP contribution in [0.15, 0.2) is 0 Å². The minimum atomic E-state index is -0.172. The van der Waals surface area contributed by atoms with E-state index >= 15 is 0 Å². The number of nitrogens with one attached hydrogen (secondary N) is 1. The minimum Gasteiger partial charge on any atom is -0.394 e. The van der Waals surface area contributed by atoms with E-state index in [-0.39, 0.29) is 12.1 Å². The highest BCUT2D eigenvalue weighted by Crippen LogP contribution is 2.21. The standard InChI is InChI=1S/C14H30N2O2/c1-5-15-14(3,11-17)9-12(2)16-8-6-7-13(10-16)18-4/h12-13,15,17H,5-11H2,1-4H3. The highest BCUT2D eigenvalue weighted by atomic mass is 16.5. The van der Waals surface area contributed by atoms with Crippen LogP contribution in [0, 0.1) is 0 Å². The molecule has 0 aromatic rings. The molecule has 3 atom stereocenters. The van der Waals surface area contributed by atoms with Crippen molar-refractivity contribution in [2.75, 3.05) is 33.4 Å². The Kier molecular flexibility index (Phi) is 6.57. The molecule has 0 aromatic heterocycles. The smallest absolute Gasteiger partial charge is 0.0698 e. The normalized spacial score (nSPS) is 26.8. The maximum Gasteiger partial charge on any atom is 0.0698 e. The third-order valence-electron chi connectivity index (χ3n) is 4.06. The summed E-state index contributed by atoms with van der Waals surface area (Å²) < 4.78 is 5.47. The van der Waals surface area contributed by atoms with Gasteiger partial charge in [0.15, 0.2) is 0 Å². The second-order valence-corrected chi connectivity index (χ2v) is 5.80. The summed E-state index contributed by atoms with van der Waals surface area (Å²) in [5, 5.41) is 13.0. The van der Waals surface area contributed by atoms with Gasteiger partial charge in [-0.25, -0.2) is 0 Å². The molecule has 0 saturated carbocycles. The molecule has 3 unspecified atom stereocenters. The van der Waals surface area contributed by atoms with Crippen molar-refractivity contribution in [2.24, 2.45) is 0 Å². The van der Waals surface area contributed by atoms with Crippen LogP contribution >= 0.6 is 0 Å². The number of rotatable bonds is 7. The number of likely N-dealkylation sites (N-methyl/N-ethyl adjacent to an activating group) is 1. The molecule has 1 saturated heterocycles. The molecule has 4 heteroatoms. The molecule has 1 rings (SSSR count). The average molecular weight is 258 g/mol. The van der Waals surface area contributed by atoms with Gasteiger partial charge >= 0.3 is 0 Å². The van der Waals surface area contributed by atoms with Crippen molar-refractivity contribution in [1.29, 1.82) is 0 Å². The van der Waals surface area contributed by atoms with Gasteiger partial charge < -0.3 is 15.2 Å². The monoisotopic (exact) mass is 258 g/mol. The number of methoxy groups -OCH3 is 1. The first-order valence-corrected chi connectivity index (χ1v) is 7.17. The first-order chi connectivity index (χ1) is 8.54. The van der Waals surface area contributed by atoms with Gasteiger partial charge in [-0.1, -0.05) is 6.92 Å². The molecule has 2 N–H and O–H groups in total. The van der Waals surface area contributed by atoms with E-state index in [0.29, 0.717) is 12.1 Å². The third-order valence-corrected chi connectivity index (χ3v) is 4.06. The lowest BCUT2D eigenvalue weighted by Gasteiger charge is -2.40. The first-order valence-electron chi connectivity index (χ1n) is 7.17. The van der Waals surface area contributed by atoms with Gasteiger partial charge in [0.05, 0.1) is 12.7 Å². The number of aliphatic hydroxyl groups excluding tert-OH is 1. The molecule has 0 bridgehead atoms.